The highest BCUT2D eigenvalue weighted by atomic mass is 19.1. The van der Waals surface area contributed by atoms with Crippen LogP contribution >= 0.6 is 0 Å². The van der Waals surface area contributed by atoms with Gasteiger partial charge in [0.15, 0.2) is 0 Å². The van der Waals surface area contributed by atoms with Crippen LogP contribution in [0.1, 0.15) is 41.8 Å². The Morgan fingerprint density at radius 3 is 2.79 bits per heavy atom. The molecule has 0 aliphatic carbocycles. The van der Waals surface area contributed by atoms with Gasteiger partial charge in [0.25, 0.3) is 5.91 Å². The van der Waals surface area contributed by atoms with Crippen LogP contribution in [0, 0.1) is 11.7 Å². The number of carbonyl (C=O) groups is 1. The van der Waals surface area contributed by atoms with Gasteiger partial charge in [-0.05, 0) is 65.8 Å². The van der Waals surface area contributed by atoms with Crippen molar-refractivity contribution < 1.29 is 14.4 Å². The molecule has 0 radical (unpaired) electrons. The van der Waals surface area contributed by atoms with Gasteiger partial charge in [-0.3, -0.25) is 15.0 Å². The Balaban J connectivity index is 2.18. The lowest BCUT2D eigenvalue weighted by molar-refractivity contribution is -0.0377. The molecular weight excluding hydrogens is 369 g/mol. The quantitative estimate of drug-likeness (QED) is 0.511. The summed E-state index contributed by atoms with van der Waals surface area (Å²) < 4.78 is 15.0. The van der Waals surface area contributed by atoms with E-state index in [0.29, 0.717) is 28.7 Å². The summed E-state index contributed by atoms with van der Waals surface area (Å²) in [5, 5.41) is 12.8. The van der Waals surface area contributed by atoms with E-state index in [4.69, 9.17) is 0 Å². The third kappa shape index (κ3) is 3.93. The van der Waals surface area contributed by atoms with Crippen molar-refractivity contribution >= 4 is 23.5 Å². The van der Waals surface area contributed by atoms with Crippen molar-refractivity contribution in [2.75, 3.05) is 12.4 Å². The van der Waals surface area contributed by atoms with Crippen molar-refractivity contribution in [3.05, 3.63) is 59.6 Å². The molecule has 3 rings (SSSR count). The van der Waals surface area contributed by atoms with Crippen LogP contribution in [0.4, 0.5) is 15.8 Å². The predicted octanol–water partition coefficient (Wildman–Crippen LogP) is 5.36. The molecule has 5 nitrogen and oxygen atoms in total. The van der Waals surface area contributed by atoms with Crippen LogP contribution in [0.25, 0.3) is 11.1 Å². The van der Waals surface area contributed by atoms with Gasteiger partial charge in [-0.15, -0.1) is 0 Å². The number of carbonyl (C=O) groups excluding carboxylic acids is 1. The van der Waals surface area contributed by atoms with Crippen molar-refractivity contribution in [3.8, 4) is 11.1 Å². The molecule has 0 bridgehead atoms. The van der Waals surface area contributed by atoms with E-state index in [9.17, 15) is 10.0 Å². The minimum Gasteiger partial charge on any atom is -0.361 e. The average Bonchev–Trinajstić information content (AvgIpc) is 2.72. The van der Waals surface area contributed by atoms with Gasteiger partial charge >= 0.3 is 0 Å². The fourth-order valence-electron chi connectivity index (χ4n) is 3.74. The molecule has 0 spiro atoms. The van der Waals surface area contributed by atoms with Crippen molar-refractivity contribution in [2.45, 2.75) is 33.1 Å². The fourth-order valence-corrected chi connectivity index (χ4v) is 3.74. The zero-order valence-corrected chi connectivity index (χ0v) is 17.0. The average molecular weight is 395 g/mol. The van der Waals surface area contributed by atoms with E-state index in [1.165, 1.54) is 24.9 Å². The Labute approximate surface area is 170 Å². The number of fused-ring (bicyclic) bond motifs is 1. The molecule has 0 saturated carbocycles. The number of hydrogen-bond donors (Lipinski definition) is 2. The number of amides is 1. The highest BCUT2D eigenvalue weighted by Crippen LogP contribution is 2.38. The van der Waals surface area contributed by atoms with Crippen molar-refractivity contribution in [1.29, 1.82) is 0 Å². The molecule has 2 N–H and O–H groups in total. The van der Waals surface area contributed by atoms with E-state index < -0.39 is 11.7 Å². The molecule has 0 aromatic heterocycles. The molecule has 0 fully saturated rings. The molecule has 2 aromatic rings. The highest BCUT2D eigenvalue weighted by Gasteiger charge is 2.25. The summed E-state index contributed by atoms with van der Waals surface area (Å²) in [7, 11) is 1.17. The third-order valence-corrected chi connectivity index (χ3v) is 5.32. The molecule has 6 heteroatoms. The van der Waals surface area contributed by atoms with Crippen LogP contribution in [0.5, 0.6) is 0 Å². The van der Waals surface area contributed by atoms with Gasteiger partial charge in [-0.2, -0.15) is 0 Å². The zero-order chi connectivity index (χ0) is 21.1. The molecule has 1 atom stereocenters. The van der Waals surface area contributed by atoms with E-state index in [2.05, 4.69) is 23.8 Å². The number of aliphatic imine (C=N–C) groups is 1. The number of hydrogen-bond acceptors (Lipinski definition) is 4. The smallest absolute Gasteiger partial charge is 0.282 e. The lowest BCUT2D eigenvalue weighted by atomic mass is 9.89. The van der Waals surface area contributed by atoms with Gasteiger partial charge in [-0.25, -0.2) is 9.45 Å². The first kappa shape index (κ1) is 20.7. The Kier molecular flexibility index (Phi) is 6.13. The molecule has 1 heterocycles. The van der Waals surface area contributed by atoms with Gasteiger partial charge in [0, 0.05) is 13.3 Å². The molecular formula is C23H26FN3O2. The summed E-state index contributed by atoms with van der Waals surface area (Å²) in [6.45, 7) is 7.72. The predicted molar refractivity (Wildman–Crippen MR) is 115 cm³/mol. The lowest BCUT2D eigenvalue weighted by Crippen LogP contribution is -2.25. The summed E-state index contributed by atoms with van der Waals surface area (Å²) >= 11 is 0. The largest absolute Gasteiger partial charge is 0.361 e. The summed E-state index contributed by atoms with van der Waals surface area (Å²) in [5.41, 5.74) is 4.45. The van der Waals surface area contributed by atoms with Crippen LogP contribution < -0.4 is 5.32 Å². The lowest BCUT2D eigenvalue weighted by Gasteiger charge is -2.21. The van der Waals surface area contributed by atoms with E-state index in [-0.39, 0.29) is 5.56 Å². The molecule has 1 aliphatic heterocycles. The summed E-state index contributed by atoms with van der Waals surface area (Å²) in [6, 6.07) is 7.33. The van der Waals surface area contributed by atoms with Crippen molar-refractivity contribution in [3.63, 3.8) is 0 Å². The number of anilines is 1. The van der Waals surface area contributed by atoms with Gasteiger partial charge in [0.2, 0.25) is 0 Å². The number of benzene rings is 2. The maximum atomic E-state index is 15.0. The standard InChI is InChI=1S/C23H26FN3O2/c1-5-14-10-16-9-8-15(11-20(16)26-13-14)18-12-19(24)21(23(28)27(4)29)22(25-7-3)17(18)6-2/h7-9,11-14,25,29H,3,5-6,10H2,1-2,4H3. The van der Waals surface area contributed by atoms with Crippen LogP contribution in [0.2, 0.25) is 0 Å². The summed E-state index contributed by atoms with van der Waals surface area (Å²) in [4.78, 5) is 17.0. The third-order valence-electron chi connectivity index (χ3n) is 5.32. The maximum absolute atomic E-state index is 15.0. The van der Waals surface area contributed by atoms with Gasteiger partial charge < -0.3 is 5.32 Å². The first-order valence-electron chi connectivity index (χ1n) is 9.78. The Morgan fingerprint density at radius 2 is 2.17 bits per heavy atom. The zero-order valence-electron chi connectivity index (χ0n) is 17.0. The van der Waals surface area contributed by atoms with Crippen LogP contribution in [-0.4, -0.2) is 29.4 Å². The molecule has 1 unspecified atom stereocenters. The number of nitrogens with one attached hydrogen (secondary N) is 1. The second-order valence-electron chi connectivity index (χ2n) is 7.16. The minimum absolute atomic E-state index is 0.211. The summed E-state index contributed by atoms with van der Waals surface area (Å²) in [5.74, 6) is -1.09. The Hall–Kier alpha value is -2.99. The summed E-state index contributed by atoms with van der Waals surface area (Å²) in [6.07, 6.45) is 5.93. The number of rotatable bonds is 6. The first-order chi connectivity index (χ1) is 13.9. The van der Waals surface area contributed by atoms with Gasteiger partial charge in [-0.1, -0.05) is 32.6 Å². The van der Waals surface area contributed by atoms with Crippen LogP contribution in [-0.2, 0) is 12.8 Å². The monoisotopic (exact) mass is 395 g/mol. The van der Waals surface area contributed by atoms with Crippen LogP contribution in [0.15, 0.2) is 42.0 Å². The maximum Gasteiger partial charge on any atom is 0.282 e. The molecule has 1 amide bonds. The van der Waals surface area contributed by atoms with Gasteiger partial charge in [0.05, 0.1) is 11.4 Å². The normalized spacial score (nSPS) is 15.0. The molecule has 2 aromatic carbocycles. The van der Waals surface area contributed by atoms with E-state index in [0.717, 1.165) is 29.7 Å². The second-order valence-corrected chi connectivity index (χ2v) is 7.16. The topological polar surface area (TPSA) is 64.9 Å². The van der Waals surface area contributed by atoms with Gasteiger partial charge in [0.1, 0.15) is 11.4 Å². The second kappa shape index (κ2) is 8.57. The van der Waals surface area contributed by atoms with E-state index >= 15 is 4.39 Å². The molecule has 152 valence electrons. The molecule has 29 heavy (non-hydrogen) atoms. The number of halogens is 1. The minimum atomic E-state index is -0.825. The van der Waals surface area contributed by atoms with Crippen molar-refractivity contribution in [2.24, 2.45) is 10.9 Å². The Morgan fingerprint density at radius 1 is 1.41 bits per heavy atom. The highest BCUT2D eigenvalue weighted by molar-refractivity contribution is 6.01. The van der Waals surface area contributed by atoms with E-state index in [1.54, 1.807) is 0 Å². The Bertz CT molecular complexity index is 983. The first-order valence-corrected chi connectivity index (χ1v) is 9.78. The van der Waals surface area contributed by atoms with Crippen LogP contribution in [0.3, 0.4) is 0 Å². The molecule has 1 aliphatic rings. The number of hydroxylamine groups is 2. The van der Waals surface area contributed by atoms with Crippen molar-refractivity contribution in [1.82, 2.24) is 5.06 Å². The number of nitrogens with zero attached hydrogens (tertiary/aromatic N) is 2. The SMILES string of the molecule is C=CNc1c(CC)c(-c2ccc3c(c2)N=CC(CC)C3)cc(F)c1C(=O)N(C)O. The fraction of sp³-hybridized carbons (Fsp3) is 0.304. The van der Waals surface area contributed by atoms with E-state index in [1.807, 2.05) is 31.3 Å². The molecule has 0 saturated heterocycles.